The molecule has 0 amide bonds. The minimum Gasteiger partial charge on any atom is -0.418 e. The molecule has 0 saturated carbocycles. The fourth-order valence-electron chi connectivity index (χ4n) is 4.45. The van der Waals surface area contributed by atoms with Crippen molar-refractivity contribution >= 4 is 28.8 Å². The van der Waals surface area contributed by atoms with Crippen molar-refractivity contribution in [1.29, 1.82) is 0 Å². The van der Waals surface area contributed by atoms with Gasteiger partial charge in [0.05, 0.1) is 32.9 Å². The first-order valence-electron chi connectivity index (χ1n) is 11.3. The van der Waals surface area contributed by atoms with Crippen molar-refractivity contribution in [3.63, 3.8) is 0 Å². The summed E-state index contributed by atoms with van der Waals surface area (Å²) in [6.07, 6.45) is 2.97. The largest absolute Gasteiger partial charge is 2.00 e. The van der Waals surface area contributed by atoms with Crippen molar-refractivity contribution in [2.24, 2.45) is 0 Å². The summed E-state index contributed by atoms with van der Waals surface area (Å²) in [5.74, 6) is 0. The van der Waals surface area contributed by atoms with E-state index < -0.39 is 7.25 Å². The number of benzene rings is 1. The molecule has 199 valence electrons. The van der Waals surface area contributed by atoms with Gasteiger partial charge in [-0.25, -0.2) is 0 Å². The second kappa shape index (κ2) is 14.7. The van der Waals surface area contributed by atoms with Crippen molar-refractivity contribution in [3.8, 4) is 0 Å². The molecule has 0 aromatic heterocycles. The molecule has 0 saturated heterocycles. The monoisotopic (exact) mass is 563 g/mol. The summed E-state index contributed by atoms with van der Waals surface area (Å²) < 4.78 is 39.0. The van der Waals surface area contributed by atoms with Gasteiger partial charge in [-0.15, -0.1) is 0 Å². The van der Waals surface area contributed by atoms with Gasteiger partial charge in [-0.3, -0.25) is 0 Å². The van der Waals surface area contributed by atoms with Crippen LogP contribution in [0.15, 0.2) is 30.3 Å². The molecule has 0 aliphatic heterocycles. The second-order valence-electron chi connectivity index (χ2n) is 12.4. The van der Waals surface area contributed by atoms with Gasteiger partial charge >= 0.3 is 24.3 Å². The van der Waals surface area contributed by atoms with Crippen molar-refractivity contribution in [2.75, 3.05) is 18.1 Å². The summed E-state index contributed by atoms with van der Waals surface area (Å²) in [5.41, 5.74) is 6.18. The van der Waals surface area contributed by atoms with Gasteiger partial charge in [0.2, 0.25) is 0 Å². The molecule has 9 heteroatoms. The zero-order chi connectivity index (χ0) is 26.2. The van der Waals surface area contributed by atoms with Crippen molar-refractivity contribution in [2.45, 2.75) is 104 Å². The van der Waals surface area contributed by atoms with E-state index in [0.29, 0.717) is 20.6 Å². The first-order valence-corrected chi connectivity index (χ1v) is 14.7. The van der Waals surface area contributed by atoms with Gasteiger partial charge in [-0.05, 0) is 95.2 Å². The normalized spacial score (nSPS) is 12.9. The Morgan fingerprint density at radius 2 is 0.818 bits per heavy atom. The smallest absolute Gasteiger partial charge is 0.418 e. The summed E-state index contributed by atoms with van der Waals surface area (Å²) in [4.78, 5) is 0. The van der Waals surface area contributed by atoms with Gasteiger partial charge in [0.15, 0.2) is 0 Å². The van der Waals surface area contributed by atoms with E-state index in [1.54, 1.807) is 0 Å². The fourth-order valence-corrected chi connectivity index (χ4v) is 14.0. The minimum absolute atomic E-state index is 0. The van der Waals surface area contributed by atoms with Crippen LogP contribution in [0.2, 0.25) is 0 Å². The van der Waals surface area contributed by atoms with Crippen LogP contribution < -0.4 is 5.73 Å². The van der Waals surface area contributed by atoms with Gasteiger partial charge in [0.1, 0.15) is 0 Å². The van der Waals surface area contributed by atoms with E-state index in [0.717, 1.165) is 5.69 Å². The fraction of sp³-hybridized carbons (Fsp3) is 0.750. The SMILES string of the molecule is CC(C)(C)[PH+](CC[PH+](C(C)(C)C)C(C)(C)C)C(C)(C)C.F[B-](F)(F)F.Nc1ccccc1.[Cu+2]. The molecule has 2 N–H and O–H groups in total. The average Bonchev–Trinajstić information content (AvgIpc) is 2.46. The number of nitrogen functional groups attached to an aromatic ring is 1. The number of para-hydroxylation sites is 1. The van der Waals surface area contributed by atoms with Gasteiger partial charge in [0, 0.05) is 21.5 Å². The summed E-state index contributed by atoms with van der Waals surface area (Å²) in [7, 11) is -6.73. The van der Waals surface area contributed by atoms with Crippen molar-refractivity contribution in [1.82, 2.24) is 0 Å². The van der Waals surface area contributed by atoms with E-state index in [9.17, 15) is 17.3 Å². The maximum Gasteiger partial charge on any atom is 2.00 e. The Hall–Kier alpha value is 0.184. The maximum atomic E-state index is 9.75. The van der Waals surface area contributed by atoms with E-state index in [1.165, 1.54) is 12.3 Å². The Bertz CT molecular complexity index is 566. The van der Waals surface area contributed by atoms with Crippen molar-refractivity contribution in [3.05, 3.63) is 30.3 Å². The van der Waals surface area contributed by atoms with E-state index in [2.05, 4.69) is 83.1 Å². The second-order valence-corrected chi connectivity index (χ2v) is 21.3. The van der Waals surface area contributed by atoms with Crippen LogP contribution in [0.5, 0.6) is 0 Å². The number of rotatable bonds is 3. The molecular formula is C24H49BCuF4NP2+3. The molecule has 0 fully saturated rings. The molecule has 0 bridgehead atoms. The molecule has 0 aliphatic rings. The third-order valence-electron chi connectivity index (χ3n) is 5.05. The Labute approximate surface area is 214 Å². The van der Waals surface area contributed by atoms with Gasteiger partial charge < -0.3 is 23.0 Å². The molecule has 0 atom stereocenters. The number of halogens is 4. The molecule has 1 nitrogen and oxygen atoms in total. The first-order chi connectivity index (χ1) is 13.9. The number of hydrogen-bond acceptors (Lipinski definition) is 1. The zero-order valence-electron chi connectivity index (χ0n) is 22.8. The molecule has 1 aromatic rings. The van der Waals surface area contributed by atoms with Crippen LogP contribution in [0.3, 0.4) is 0 Å². The van der Waals surface area contributed by atoms with E-state index in [4.69, 9.17) is 5.73 Å². The van der Waals surface area contributed by atoms with Gasteiger partial charge in [-0.2, -0.15) is 0 Å². The van der Waals surface area contributed by atoms with Gasteiger partial charge in [0.25, 0.3) is 0 Å². The molecule has 1 aromatic carbocycles. The summed E-state index contributed by atoms with van der Waals surface area (Å²) in [6, 6.07) is 9.49. The third-order valence-corrected chi connectivity index (χ3v) is 14.3. The molecule has 1 rings (SSSR count). The molecule has 0 unspecified atom stereocenters. The zero-order valence-corrected chi connectivity index (χ0v) is 25.7. The van der Waals surface area contributed by atoms with Gasteiger partial charge in [-0.1, -0.05) is 18.2 Å². The van der Waals surface area contributed by atoms with E-state index in [-0.39, 0.29) is 32.9 Å². The number of nitrogens with two attached hydrogens (primary N) is 1. The van der Waals surface area contributed by atoms with Crippen LogP contribution in [-0.4, -0.2) is 40.2 Å². The summed E-state index contributed by atoms with van der Waals surface area (Å²) in [5, 5.41) is 2.02. The van der Waals surface area contributed by atoms with Crippen LogP contribution in [0, 0.1) is 0 Å². The van der Waals surface area contributed by atoms with Crippen LogP contribution in [0.4, 0.5) is 23.0 Å². The first kappa shape index (κ1) is 37.7. The Morgan fingerprint density at radius 3 is 0.939 bits per heavy atom. The standard InChI is InChI=1S/C18H40P2.C6H7N.BF4.Cu/c1-15(2,3)19(16(4,5)6)13-14-20(17(7,8)9)18(10,11)12;7-6-4-2-1-3-5-6;2-1(3,4)5;/h13-14H2,1-12H3;1-5H,7H2;;/q;;-1;+2/p+2. The molecule has 0 aliphatic carbocycles. The van der Waals surface area contributed by atoms with Crippen LogP contribution in [0.1, 0.15) is 83.1 Å². The molecule has 33 heavy (non-hydrogen) atoms. The van der Waals surface area contributed by atoms with E-state index >= 15 is 0 Å². The van der Waals surface area contributed by atoms with Crippen molar-refractivity contribution < 1.29 is 34.3 Å². The predicted molar refractivity (Wildman–Crippen MR) is 146 cm³/mol. The predicted octanol–water partition coefficient (Wildman–Crippen LogP) is 9.18. The topological polar surface area (TPSA) is 26.0 Å². The van der Waals surface area contributed by atoms with Crippen LogP contribution in [0.25, 0.3) is 0 Å². The van der Waals surface area contributed by atoms with E-state index in [1.807, 2.05) is 30.3 Å². The Balaban J connectivity index is -0.000000562. The Kier molecular flexibility index (Phi) is 16.8. The summed E-state index contributed by atoms with van der Waals surface area (Å²) in [6.45, 7) is 29.6. The molecule has 0 heterocycles. The van der Waals surface area contributed by atoms with Crippen LogP contribution >= 0.6 is 15.8 Å². The third kappa shape index (κ3) is 21.2. The molecular weight excluding hydrogens is 515 g/mol. The molecule has 1 radical (unpaired) electrons. The number of anilines is 1. The maximum absolute atomic E-state index is 9.75. The number of hydrogen-bond donors (Lipinski definition) is 1. The minimum atomic E-state index is -6.00. The van der Waals surface area contributed by atoms with Crippen LogP contribution in [-0.2, 0) is 17.1 Å². The average molecular weight is 564 g/mol. The quantitative estimate of drug-likeness (QED) is 0.169. The summed E-state index contributed by atoms with van der Waals surface area (Å²) >= 11 is 0. The molecule has 0 spiro atoms. The Morgan fingerprint density at radius 1 is 0.606 bits per heavy atom.